The van der Waals surface area contributed by atoms with E-state index in [4.69, 9.17) is 4.74 Å². The van der Waals surface area contributed by atoms with Crippen LogP contribution in [0.25, 0.3) is 0 Å². The molecule has 1 amide bonds. The van der Waals surface area contributed by atoms with Crippen molar-refractivity contribution in [1.29, 1.82) is 0 Å². The second kappa shape index (κ2) is 8.07. The Kier molecular flexibility index (Phi) is 6.28. The van der Waals surface area contributed by atoms with Gasteiger partial charge in [0.15, 0.2) is 0 Å². The standard InChI is InChI=1S/C18H26N2O5S/c1-5-7-13(8-6-2)20-11-16-14(17(20)21)9-12(19-26(4,23)24)10-15(16)18(22)25-3/h9-10,13,19H,5-8,11H2,1-4H3. The summed E-state index contributed by atoms with van der Waals surface area (Å²) in [5.41, 5.74) is 1.36. The second-order valence-electron chi connectivity index (χ2n) is 6.58. The fourth-order valence-electron chi connectivity index (χ4n) is 3.41. The van der Waals surface area contributed by atoms with Crippen molar-refractivity contribution >= 4 is 27.6 Å². The number of esters is 1. The van der Waals surface area contributed by atoms with Crippen molar-refractivity contribution in [2.45, 2.75) is 52.1 Å². The molecular weight excluding hydrogens is 356 g/mol. The molecule has 26 heavy (non-hydrogen) atoms. The maximum absolute atomic E-state index is 13.0. The number of sulfonamides is 1. The van der Waals surface area contributed by atoms with E-state index in [1.807, 2.05) is 0 Å². The fraction of sp³-hybridized carbons (Fsp3) is 0.556. The first-order chi connectivity index (χ1) is 12.2. The lowest BCUT2D eigenvalue weighted by Gasteiger charge is -2.27. The van der Waals surface area contributed by atoms with Crippen molar-refractivity contribution in [3.63, 3.8) is 0 Å². The zero-order valence-corrected chi connectivity index (χ0v) is 16.5. The molecule has 144 valence electrons. The van der Waals surface area contributed by atoms with Crippen LogP contribution in [0.5, 0.6) is 0 Å². The second-order valence-corrected chi connectivity index (χ2v) is 8.33. The van der Waals surface area contributed by atoms with E-state index in [1.54, 1.807) is 4.90 Å². The summed E-state index contributed by atoms with van der Waals surface area (Å²) >= 11 is 0. The molecule has 1 aliphatic heterocycles. The molecule has 8 heteroatoms. The van der Waals surface area contributed by atoms with E-state index in [-0.39, 0.29) is 23.2 Å². The lowest BCUT2D eigenvalue weighted by Crippen LogP contribution is -2.35. The molecule has 0 atom stereocenters. The van der Waals surface area contributed by atoms with E-state index >= 15 is 0 Å². The van der Waals surface area contributed by atoms with Crippen LogP contribution in [0.15, 0.2) is 12.1 Å². The highest BCUT2D eigenvalue weighted by molar-refractivity contribution is 7.92. The number of nitrogens with zero attached hydrogens (tertiary/aromatic N) is 1. The molecule has 0 saturated carbocycles. The van der Waals surface area contributed by atoms with Crippen LogP contribution >= 0.6 is 0 Å². The summed E-state index contributed by atoms with van der Waals surface area (Å²) < 4.78 is 30.3. The molecular formula is C18H26N2O5S. The van der Waals surface area contributed by atoms with Gasteiger partial charge in [-0.15, -0.1) is 0 Å². The first kappa shape index (κ1) is 20.2. The summed E-state index contributed by atoms with van der Waals surface area (Å²) in [4.78, 5) is 26.9. The van der Waals surface area contributed by atoms with Gasteiger partial charge in [-0.1, -0.05) is 26.7 Å². The van der Waals surface area contributed by atoms with E-state index in [0.717, 1.165) is 31.9 Å². The molecule has 0 fully saturated rings. The van der Waals surface area contributed by atoms with E-state index < -0.39 is 16.0 Å². The minimum atomic E-state index is -3.54. The topological polar surface area (TPSA) is 92.8 Å². The number of benzene rings is 1. The summed E-state index contributed by atoms with van der Waals surface area (Å²) in [5, 5.41) is 0. The Morgan fingerprint density at radius 3 is 2.38 bits per heavy atom. The van der Waals surface area contributed by atoms with Crippen molar-refractivity contribution in [1.82, 2.24) is 4.90 Å². The van der Waals surface area contributed by atoms with Gasteiger partial charge in [-0.05, 0) is 30.5 Å². The van der Waals surface area contributed by atoms with Crippen molar-refractivity contribution < 1.29 is 22.7 Å². The number of ether oxygens (including phenoxy) is 1. The Morgan fingerprint density at radius 1 is 1.27 bits per heavy atom. The normalized spacial score (nSPS) is 13.9. The molecule has 0 unspecified atom stereocenters. The van der Waals surface area contributed by atoms with Gasteiger partial charge in [-0.2, -0.15) is 0 Å². The average Bonchev–Trinajstić information content (AvgIpc) is 2.89. The molecule has 1 aliphatic rings. The van der Waals surface area contributed by atoms with E-state index in [9.17, 15) is 18.0 Å². The molecule has 0 aliphatic carbocycles. The van der Waals surface area contributed by atoms with E-state index in [2.05, 4.69) is 18.6 Å². The number of hydrogen-bond donors (Lipinski definition) is 1. The first-order valence-electron chi connectivity index (χ1n) is 8.75. The number of rotatable bonds is 8. The Balaban J connectivity index is 2.49. The van der Waals surface area contributed by atoms with Crippen LogP contribution in [0.1, 0.15) is 65.8 Å². The molecule has 1 aromatic rings. The van der Waals surface area contributed by atoms with Crippen LogP contribution in [0, 0.1) is 0 Å². The van der Waals surface area contributed by atoms with Crippen molar-refractivity contribution in [2.75, 3.05) is 18.1 Å². The number of carbonyl (C=O) groups excluding carboxylic acids is 2. The lowest BCUT2D eigenvalue weighted by atomic mass is 10.0. The molecule has 0 bridgehead atoms. The lowest BCUT2D eigenvalue weighted by molar-refractivity contribution is 0.0594. The Labute approximate surface area is 154 Å². The first-order valence-corrected chi connectivity index (χ1v) is 10.6. The minimum absolute atomic E-state index is 0.0988. The Hall–Kier alpha value is -2.09. The minimum Gasteiger partial charge on any atom is -0.465 e. The molecule has 0 saturated heterocycles. The molecule has 2 rings (SSSR count). The maximum Gasteiger partial charge on any atom is 0.338 e. The summed E-state index contributed by atoms with van der Waals surface area (Å²) in [6.07, 6.45) is 4.70. The number of nitrogens with one attached hydrogen (secondary N) is 1. The number of amides is 1. The van der Waals surface area contributed by atoms with Gasteiger partial charge < -0.3 is 9.64 Å². The number of carbonyl (C=O) groups is 2. The third kappa shape index (κ3) is 4.35. The monoisotopic (exact) mass is 382 g/mol. The number of anilines is 1. The van der Waals surface area contributed by atoms with Crippen LogP contribution < -0.4 is 4.72 Å². The molecule has 1 aromatic carbocycles. The number of hydrogen-bond acceptors (Lipinski definition) is 5. The maximum atomic E-state index is 13.0. The van der Waals surface area contributed by atoms with Gasteiger partial charge in [0.25, 0.3) is 5.91 Å². The Bertz CT molecular complexity index is 798. The van der Waals surface area contributed by atoms with Gasteiger partial charge in [0, 0.05) is 18.2 Å². The highest BCUT2D eigenvalue weighted by Gasteiger charge is 2.35. The number of fused-ring (bicyclic) bond motifs is 1. The highest BCUT2D eigenvalue weighted by Crippen LogP contribution is 2.33. The zero-order chi connectivity index (χ0) is 19.5. The van der Waals surface area contributed by atoms with Crippen molar-refractivity contribution in [3.05, 3.63) is 28.8 Å². The van der Waals surface area contributed by atoms with Crippen molar-refractivity contribution in [2.24, 2.45) is 0 Å². The molecule has 0 spiro atoms. The highest BCUT2D eigenvalue weighted by atomic mass is 32.2. The molecule has 0 radical (unpaired) electrons. The smallest absolute Gasteiger partial charge is 0.338 e. The summed E-state index contributed by atoms with van der Waals surface area (Å²) in [7, 11) is -2.27. The SMILES string of the molecule is CCCC(CCC)N1Cc2c(C(=O)OC)cc(NS(C)(=O)=O)cc2C1=O. The van der Waals surface area contributed by atoms with Crippen LogP contribution in [-0.4, -0.2) is 44.6 Å². The van der Waals surface area contributed by atoms with Gasteiger partial charge in [0.05, 0.1) is 24.6 Å². The summed E-state index contributed by atoms with van der Waals surface area (Å²) in [6, 6.07) is 3.03. The third-order valence-electron chi connectivity index (χ3n) is 4.46. The summed E-state index contributed by atoms with van der Waals surface area (Å²) in [6.45, 7) is 4.48. The van der Waals surface area contributed by atoms with Crippen molar-refractivity contribution in [3.8, 4) is 0 Å². The molecule has 1 heterocycles. The zero-order valence-electron chi connectivity index (χ0n) is 15.7. The Morgan fingerprint density at radius 2 is 1.88 bits per heavy atom. The quantitative estimate of drug-likeness (QED) is 0.698. The van der Waals surface area contributed by atoms with Crippen LogP contribution in [0.2, 0.25) is 0 Å². The van der Waals surface area contributed by atoms with Crippen LogP contribution in [0.4, 0.5) is 5.69 Å². The molecule has 1 N–H and O–H groups in total. The fourth-order valence-corrected chi connectivity index (χ4v) is 3.96. The molecule has 7 nitrogen and oxygen atoms in total. The van der Waals surface area contributed by atoms with Gasteiger partial charge in [0.2, 0.25) is 10.0 Å². The van der Waals surface area contributed by atoms with Gasteiger partial charge in [0.1, 0.15) is 0 Å². The predicted molar refractivity (Wildman–Crippen MR) is 99.7 cm³/mol. The largest absolute Gasteiger partial charge is 0.465 e. The van der Waals surface area contributed by atoms with Crippen LogP contribution in [-0.2, 0) is 21.3 Å². The van der Waals surface area contributed by atoms with Gasteiger partial charge in [-0.25, -0.2) is 13.2 Å². The molecule has 0 aromatic heterocycles. The van der Waals surface area contributed by atoms with Gasteiger partial charge >= 0.3 is 5.97 Å². The third-order valence-corrected chi connectivity index (χ3v) is 5.07. The van der Waals surface area contributed by atoms with Gasteiger partial charge in [-0.3, -0.25) is 9.52 Å². The predicted octanol–water partition coefficient (Wildman–Crippen LogP) is 2.77. The summed E-state index contributed by atoms with van der Waals surface area (Å²) in [5.74, 6) is -0.759. The van der Waals surface area contributed by atoms with Crippen LogP contribution in [0.3, 0.4) is 0 Å². The van der Waals surface area contributed by atoms with E-state index in [1.165, 1.54) is 19.2 Å². The van der Waals surface area contributed by atoms with E-state index in [0.29, 0.717) is 17.7 Å². The number of methoxy groups -OCH3 is 1. The average molecular weight is 382 g/mol.